The molecule has 0 saturated carbocycles. The normalized spacial score (nSPS) is 12.9. The third-order valence-corrected chi connectivity index (χ3v) is 2.24. The molecule has 0 fully saturated rings. The lowest BCUT2D eigenvalue weighted by Crippen LogP contribution is -2.45. The van der Waals surface area contributed by atoms with E-state index in [-0.39, 0.29) is 6.61 Å². The van der Waals surface area contributed by atoms with Gasteiger partial charge < -0.3 is 10.1 Å². The summed E-state index contributed by atoms with van der Waals surface area (Å²) in [4.78, 5) is 22.0. The van der Waals surface area contributed by atoms with Crippen LogP contribution in [0.1, 0.15) is 20.3 Å². The molecule has 0 unspecified atom stereocenters. The molecule has 0 spiro atoms. The van der Waals surface area contributed by atoms with Crippen molar-refractivity contribution in [2.45, 2.75) is 26.3 Å². The quantitative estimate of drug-likeness (QED) is 0.480. The van der Waals surface area contributed by atoms with Crippen molar-refractivity contribution in [3.8, 4) is 0 Å². The van der Waals surface area contributed by atoms with Crippen LogP contribution >= 0.6 is 0 Å². The summed E-state index contributed by atoms with van der Waals surface area (Å²) >= 11 is 0. The molecule has 0 rings (SSSR count). The number of amides is 1. The van der Waals surface area contributed by atoms with E-state index in [0.717, 1.165) is 6.92 Å². The van der Waals surface area contributed by atoms with Gasteiger partial charge in [0.25, 0.3) is 10.1 Å². The molecule has 0 aliphatic heterocycles. The molecule has 0 saturated heterocycles. The molecule has 94 valence electrons. The Morgan fingerprint density at radius 2 is 2.00 bits per heavy atom. The SMILES string of the molecule is CCCOC(=O)[C@@H](CS(=O)(=O)O)NC(C)=O. The maximum atomic E-state index is 11.3. The minimum atomic E-state index is -4.35. The molecule has 1 atom stereocenters. The smallest absolute Gasteiger partial charge is 0.329 e. The standard InChI is InChI=1S/C8H15NO6S/c1-3-4-15-8(11)7(9-6(2)10)5-16(12,13)14/h7H,3-5H2,1-2H3,(H,9,10)(H,12,13,14)/t7-/m1/s1. The number of carbonyl (C=O) groups excluding carboxylic acids is 2. The van der Waals surface area contributed by atoms with E-state index >= 15 is 0 Å². The van der Waals surface area contributed by atoms with Gasteiger partial charge in [-0.15, -0.1) is 0 Å². The van der Waals surface area contributed by atoms with Crippen molar-refractivity contribution in [1.82, 2.24) is 5.32 Å². The fourth-order valence-electron chi connectivity index (χ4n) is 0.928. The third-order valence-electron chi connectivity index (χ3n) is 1.49. The van der Waals surface area contributed by atoms with E-state index in [9.17, 15) is 18.0 Å². The Labute approximate surface area is 93.9 Å². The van der Waals surface area contributed by atoms with Crippen molar-refractivity contribution < 1.29 is 27.3 Å². The van der Waals surface area contributed by atoms with Crippen LogP contribution in [0.15, 0.2) is 0 Å². The molecule has 0 heterocycles. The van der Waals surface area contributed by atoms with Gasteiger partial charge in [-0.3, -0.25) is 9.35 Å². The summed E-state index contributed by atoms with van der Waals surface area (Å²) in [5.41, 5.74) is 0. The topological polar surface area (TPSA) is 110 Å². The van der Waals surface area contributed by atoms with Gasteiger partial charge >= 0.3 is 5.97 Å². The third kappa shape index (κ3) is 7.18. The van der Waals surface area contributed by atoms with E-state index in [2.05, 4.69) is 10.1 Å². The summed E-state index contributed by atoms with van der Waals surface area (Å²) in [6, 6.07) is -1.38. The number of rotatable bonds is 6. The number of hydrogen-bond donors (Lipinski definition) is 2. The minimum absolute atomic E-state index is 0.125. The molecular formula is C8H15NO6S. The number of hydrogen-bond acceptors (Lipinski definition) is 5. The molecule has 8 heteroatoms. The lowest BCUT2D eigenvalue weighted by atomic mass is 10.3. The molecule has 1 amide bonds. The first-order chi connectivity index (χ1) is 7.26. The summed E-state index contributed by atoms with van der Waals surface area (Å²) in [6.45, 7) is 3.02. The molecule has 0 bridgehead atoms. The number of esters is 1. The van der Waals surface area contributed by atoms with Crippen molar-refractivity contribution in [2.24, 2.45) is 0 Å². The second-order valence-electron chi connectivity index (χ2n) is 3.17. The van der Waals surface area contributed by atoms with Gasteiger partial charge in [0.05, 0.1) is 6.61 Å². The first-order valence-corrected chi connectivity index (χ1v) is 6.26. The Morgan fingerprint density at radius 1 is 1.44 bits per heavy atom. The Bertz CT molecular complexity index is 350. The fourth-order valence-corrected chi connectivity index (χ4v) is 1.57. The fraction of sp³-hybridized carbons (Fsp3) is 0.750. The molecule has 0 aromatic heterocycles. The van der Waals surface area contributed by atoms with Crippen LogP contribution in [0.5, 0.6) is 0 Å². The van der Waals surface area contributed by atoms with E-state index in [1.54, 1.807) is 6.92 Å². The zero-order valence-electron chi connectivity index (χ0n) is 9.10. The lowest BCUT2D eigenvalue weighted by Gasteiger charge is -2.14. The Balaban J connectivity index is 4.53. The highest BCUT2D eigenvalue weighted by atomic mass is 32.2. The lowest BCUT2D eigenvalue weighted by molar-refractivity contribution is -0.147. The maximum absolute atomic E-state index is 11.3. The van der Waals surface area contributed by atoms with Crippen LogP contribution in [0.4, 0.5) is 0 Å². The predicted molar refractivity (Wildman–Crippen MR) is 55.3 cm³/mol. The molecule has 0 aromatic carbocycles. The van der Waals surface area contributed by atoms with Crippen molar-refractivity contribution in [1.29, 1.82) is 0 Å². The molecule has 7 nitrogen and oxygen atoms in total. The highest BCUT2D eigenvalue weighted by Gasteiger charge is 2.26. The van der Waals surface area contributed by atoms with E-state index in [1.165, 1.54) is 0 Å². The largest absolute Gasteiger partial charge is 0.464 e. The van der Waals surface area contributed by atoms with E-state index in [4.69, 9.17) is 4.55 Å². The van der Waals surface area contributed by atoms with Gasteiger partial charge in [-0.25, -0.2) is 4.79 Å². The summed E-state index contributed by atoms with van der Waals surface area (Å²) in [7, 11) is -4.35. The highest BCUT2D eigenvalue weighted by molar-refractivity contribution is 7.85. The molecule has 0 aliphatic rings. The van der Waals surface area contributed by atoms with Crippen LogP contribution in [0.3, 0.4) is 0 Å². The van der Waals surface area contributed by atoms with Gasteiger partial charge in [-0.1, -0.05) is 6.92 Å². The van der Waals surface area contributed by atoms with Crippen LogP contribution in [-0.4, -0.2) is 43.2 Å². The number of carbonyl (C=O) groups is 2. The maximum Gasteiger partial charge on any atom is 0.329 e. The predicted octanol–water partition coefficient (Wildman–Crippen LogP) is -0.668. The summed E-state index contributed by atoms with van der Waals surface area (Å²) in [5.74, 6) is -2.36. The van der Waals surface area contributed by atoms with Crippen LogP contribution in [0.2, 0.25) is 0 Å². The van der Waals surface area contributed by atoms with Gasteiger partial charge in [0.1, 0.15) is 11.8 Å². The van der Waals surface area contributed by atoms with Crippen molar-refractivity contribution >= 4 is 22.0 Å². The van der Waals surface area contributed by atoms with Gasteiger partial charge in [-0.2, -0.15) is 8.42 Å². The Morgan fingerprint density at radius 3 is 2.38 bits per heavy atom. The molecule has 0 radical (unpaired) electrons. The summed E-state index contributed by atoms with van der Waals surface area (Å²) in [5, 5.41) is 2.09. The second kappa shape index (κ2) is 6.44. The van der Waals surface area contributed by atoms with Crippen molar-refractivity contribution in [3.05, 3.63) is 0 Å². The first kappa shape index (κ1) is 14.8. The molecule has 16 heavy (non-hydrogen) atoms. The molecule has 0 aliphatic carbocycles. The zero-order valence-corrected chi connectivity index (χ0v) is 9.91. The van der Waals surface area contributed by atoms with Gasteiger partial charge in [0.15, 0.2) is 0 Å². The van der Waals surface area contributed by atoms with Crippen LogP contribution in [0, 0.1) is 0 Å². The number of ether oxygens (including phenoxy) is 1. The van der Waals surface area contributed by atoms with Crippen molar-refractivity contribution in [2.75, 3.05) is 12.4 Å². The van der Waals surface area contributed by atoms with Crippen LogP contribution < -0.4 is 5.32 Å². The average molecular weight is 253 g/mol. The summed E-state index contributed by atoms with van der Waals surface area (Å²) < 4.78 is 34.5. The highest BCUT2D eigenvalue weighted by Crippen LogP contribution is 1.96. The zero-order chi connectivity index (χ0) is 12.8. The van der Waals surface area contributed by atoms with Gasteiger partial charge in [0.2, 0.25) is 5.91 Å². The van der Waals surface area contributed by atoms with Crippen LogP contribution in [0.25, 0.3) is 0 Å². The molecule has 2 N–H and O–H groups in total. The summed E-state index contributed by atoms with van der Waals surface area (Å²) in [6.07, 6.45) is 0.574. The second-order valence-corrected chi connectivity index (χ2v) is 4.67. The monoisotopic (exact) mass is 253 g/mol. The minimum Gasteiger partial charge on any atom is -0.464 e. The van der Waals surface area contributed by atoms with Crippen LogP contribution in [-0.2, 0) is 24.4 Å². The van der Waals surface area contributed by atoms with E-state index in [0.29, 0.717) is 6.42 Å². The van der Waals surface area contributed by atoms with E-state index in [1.807, 2.05) is 0 Å². The van der Waals surface area contributed by atoms with Crippen molar-refractivity contribution in [3.63, 3.8) is 0 Å². The van der Waals surface area contributed by atoms with Gasteiger partial charge in [-0.05, 0) is 6.42 Å². The van der Waals surface area contributed by atoms with Gasteiger partial charge in [0, 0.05) is 6.92 Å². The van der Waals surface area contributed by atoms with E-state index < -0.39 is 33.8 Å². The Hall–Kier alpha value is -1.15. The number of nitrogens with one attached hydrogen (secondary N) is 1. The average Bonchev–Trinajstić information content (AvgIpc) is 2.10. The first-order valence-electron chi connectivity index (χ1n) is 4.65. The molecular weight excluding hydrogens is 238 g/mol. The molecule has 0 aromatic rings. The Kier molecular flexibility index (Phi) is 5.97.